The highest BCUT2D eigenvalue weighted by atomic mass is 35.5. The summed E-state index contributed by atoms with van der Waals surface area (Å²) in [5.41, 5.74) is 0.636. The van der Waals surface area contributed by atoms with Gasteiger partial charge in [0.2, 0.25) is 0 Å². The van der Waals surface area contributed by atoms with E-state index in [1.54, 1.807) is 12.1 Å². The third-order valence-electron chi connectivity index (χ3n) is 2.98. The molecule has 0 aliphatic heterocycles. The number of benzene rings is 1. The lowest BCUT2D eigenvalue weighted by atomic mass is 10.1. The summed E-state index contributed by atoms with van der Waals surface area (Å²) >= 11 is 6.00. The first kappa shape index (κ1) is 15.2. The number of ketones is 1. The van der Waals surface area contributed by atoms with E-state index in [4.69, 9.17) is 11.6 Å². The van der Waals surface area contributed by atoms with Crippen LogP contribution < -0.4 is 0 Å². The number of halogens is 1. The Bertz CT molecular complexity index is 390. The number of nitrogens with zero attached hydrogens (tertiary/aromatic N) is 1. The molecule has 0 unspecified atom stereocenters. The third-order valence-corrected chi connectivity index (χ3v) is 3.31. The molecule has 18 heavy (non-hydrogen) atoms. The molecule has 0 spiro atoms. The van der Waals surface area contributed by atoms with Gasteiger partial charge in [-0.1, -0.05) is 37.6 Å². The SMILES string of the molecule is CC(C)CCN(C)CCC(=O)c1ccccc1Cl. The summed E-state index contributed by atoms with van der Waals surface area (Å²) < 4.78 is 0. The van der Waals surface area contributed by atoms with Gasteiger partial charge in [-0.3, -0.25) is 4.79 Å². The van der Waals surface area contributed by atoms with Gasteiger partial charge < -0.3 is 4.90 Å². The van der Waals surface area contributed by atoms with Crippen LogP contribution >= 0.6 is 11.6 Å². The molecule has 0 N–H and O–H groups in total. The standard InChI is InChI=1S/C15H22ClNO/c1-12(2)8-10-17(3)11-9-15(18)13-6-4-5-7-14(13)16/h4-7,12H,8-11H2,1-3H3. The van der Waals surface area contributed by atoms with Gasteiger partial charge in [-0.15, -0.1) is 0 Å². The second kappa shape index (κ2) is 7.55. The maximum atomic E-state index is 12.0. The van der Waals surface area contributed by atoms with Crippen molar-refractivity contribution in [2.45, 2.75) is 26.7 Å². The summed E-state index contributed by atoms with van der Waals surface area (Å²) in [6.45, 7) is 6.25. The van der Waals surface area contributed by atoms with Gasteiger partial charge in [-0.05, 0) is 38.1 Å². The maximum Gasteiger partial charge on any atom is 0.165 e. The molecule has 1 aromatic rings. The van der Waals surface area contributed by atoms with Crippen LogP contribution in [0, 0.1) is 5.92 Å². The molecule has 0 aliphatic carbocycles. The van der Waals surface area contributed by atoms with Crippen molar-refractivity contribution in [3.05, 3.63) is 34.9 Å². The molecule has 0 aliphatic rings. The van der Waals surface area contributed by atoms with E-state index in [0.29, 0.717) is 22.9 Å². The van der Waals surface area contributed by atoms with Crippen LogP contribution in [-0.4, -0.2) is 30.8 Å². The molecule has 0 fully saturated rings. The summed E-state index contributed by atoms with van der Waals surface area (Å²) in [5, 5.41) is 0.548. The number of carbonyl (C=O) groups is 1. The number of hydrogen-bond acceptors (Lipinski definition) is 2. The van der Waals surface area contributed by atoms with Crippen molar-refractivity contribution < 1.29 is 4.79 Å². The van der Waals surface area contributed by atoms with Gasteiger partial charge in [0.1, 0.15) is 0 Å². The number of hydrogen-bond donors (Lipinski definition) is 0. The number of carbonyl (C=O) groups excluding carboxylic acids is 1. The Kier molecular flexibility index (Phi) is 6.37. The second-order valence-corrected chi connectivity index (χ2v) is 5.55. The van der Waals surface area contributed by atoms with Gasteiger partial charge >= 0.3 is 0 Å². The highest BCUT2D eigenvalue weighted by Gasteiger charge is 2.10. The van der Waals surface area contributed by atoms with Crippen LogP contribution in [0.2, 0.25) is 5.02 Å². The molecule has 1 aromatic carbocycles. The molecule has 3 heteroatoms. The van der Waals surface area contributed by atoms with Crippen LogP contribution in [0.15, 0.2) is 24.3 Å². The largest absolute Gasteiger partial charge is 0.306 e. The van der Waals surface area contributed by atoms with Crippen molar-refractivity contribution >= 4 is 17.4 Å². The molecule has 100 valence electrons. The Morgan fingerprint density at radius 3 is 2.56 bits per heavy atom. The molecule has 0 bridgehead atoms. The molecule has 1 rings (SSSR count). The van der Waals surface area contributed by atoms with Crippen molar-refractivity contribution in [3.63, 3.8) is 0 Å². The van der Waals surface area contributed by atoms with Crippen molar-refractivity contribution in [1.29, 1.82) is 0 Å². The molecule has 0 saturated carbocycles. The highest BCUT2D eigenvalue weighted by molar-refractivity contribution is 6.33. The first-order chi connectivity index (χ1) is 8.50. The Labute approximate surface area is 115 Å². The Morgan fingerprint density at radius 2 is 1.94 bits per heavy atom. The van der Waals surface area contributed by atoms with Crippen LogP contribution in [0.25, 0.3) is 0 Å². The van der Waals surface area contributed by atoms with Crippen LogP contribution in [0.5, 0.6) is 0 Å². The average Bonchev–Trinajstić information content (AvgIpc) is 2.34. The molecule has 0 radical (unpaired) electrons. The quantitative estimate of drug-likeness (QED) is 0.699. The fourth-order valence-corrected chi connectivity index (χ4v) is 1.95. The molecule has 2 nitrogen and oxygen atoms in total. The molecule has 0 aromatic heterocycles. The van der Waals surface area contributed by atoms with Gasteiger partial charge in [-0.2, -0.15) is 0 Å². The first-order valence-corrected chi connectivity index (χ1v) is 6.84. The maximum absolute atomic E-state index is 12.0. The second-order valence-electron chi connectivity index (χ2n) is 5.14. The Balaban J connectivity index is 2.40. The predicted molar refractivity (Wildman–Crippen MR) is 77.4 cm³/mol. The molecule has 0 saturated heterocycles. The number of Topliss-reactive ketones (excluding diaryl/α,β-unsaturated/α-hetero) is 1. The molecular formula is C15H22ClNO. The average molecular weight is 268 g/mol. The summed E-state index contributed by atoms with van der Waals surface area (Å²) in [7, 11) is 2.06. The zero-order chi connectivity index (χ0) is 13.5. The van der Waals surface area contributed by atoms with E-state index in [-0.39, 0.29) is 5.78 Å². The molecule has 0 amide bonds. The fraction of sp³-hybridized carbons (Fsp3) is 0.533. The smallest absolute Gasteiger partial charge is 0.165 e. The molecule has 0 heterocycles. The van der Waals surface area contributed by atoms with Gasteiger partial charge in [0.15, 0.2) is 5.78 Å². The number of rotatable bonds is 7. The van der Waals surface area contributed by atoms with Gasteiger partial charge in [0, 0.05) is 18.5 Å². The first-order valence-electron chi connectivity index (χ1n) is 6.47. The molecule has 0 atom stereocenters. The zero-order valence-electron chi connectivity index (χ0n) is 11.4. The lowest BCUT2D eigenvalue weighted by molar-refractivity contribution is 0.0968. The van der Waals surface area contributed by atoms with E-state index < -0.39 is 0 Å². The van der Waals surface area contributed by atoms with Crippen molar-refractivity contribution in [3.8, 4) is 0 Å². The summed E-state index contributed by atoms with van der Waals surface area (Å²) in [5.74, 6) is 0.823. The monoisotopic (exact) mass is 267 g/mol. The van der Waals surface area contributed by atoms with E-state index in [0.717, 1.165) is 19.5 Å². The summed E-state index contributed by atoms with van der Waals surface area (Å²) in [6, 6.07) is 7.24. The van der Waals surface area contributed by atoms with E-state index in [1.165, 1.54) is 0 Å². The highest BCUT2D eigenvalue weighted by Crippen LogP contribution is 2.16. The minimum Gasteiger partial charge on any atom is -0.306 e. The van der Waals surface area contributed by atoms with Crippen LogP contribution in [0.1, 0.15) is 37.0 Å². The zero-order valence-corrected chi connectivity index (χ0v) is 12.2. The van der Waals surface area contributed by atoms with E-state index >= 15 is 0 Å². The fourth-order valence-electron chi connectivity index (χ4n) is 1.70. The lowest BCUT2D eigenvalue weighted by Crippen LogP contribution is -2.24. The predicted octanol–water partition coefficient (Wildman–Crippen LogP) is 3.89. The molecular weight excluding hydrogens is 246 g/mol. The Morgan fingerprint density at radius 1 is 1.28 bits per heavy atom. The van der Waals surface area contributed by atoms with Gasteiger partial charge in [0.25, 0.3) is 0 Å². The van der Waals surface area contributed by atoms with Crippen LogP contribution in [0.4, 0.5) is 0 Å². The van der Waals surface area contributed by atoms with Crippen molar-refractivity contribution in [2.75, 3.05) is 20.1 Å². The summed E-state index contributed by atoms with van der Waals surface area (Å²) in [6.07, 6.45) is 1.69. The minimum absolute atomic E-state index is 0.122. The van der Waals surface area contributed by atoms with E-state index in [9.17, 15) is 4.79 Å². The van der Waals surface area contributed by atoms with Gasteiger partial charge in [-0.25, -0.2) is 0 Å². The van der Waals surface area contributed by atoms with Crippen LogP contribution in [0.3, 0.4) is 0 Å². The lowest BCUT2D eigenvalue weighted by Gasteiger charge is -2.17. The van der Waals surface area contributed by atoms with E-state index in [2.05, 4.69) is 25.8 Å². The van der Waals surface area contributed by atoms with Crippen LogP contribution in [-0.2, 0) is 0 Å². The summed E-state index contributed by atoms with van der Waals surface area (Å²) in [4.78, 5) is 14.2. The van der Waals surface area contributed by atoms with E-state index in [1.807, 2.05) is 12.1 Å². The normalized spacial score (nSPS) is 11.2. The topological polar surface area (TPSA) is 20.3 Å². The third kappa shape index (κ3) is 5.19. The Hall–Kier alpha value is -0.860. The minimum atomic E-state index is 0.122. The van der Waals surface area contributed by atoms with Gasteiger partial charge in [0.05, 0.1) is 5.02 Å². The van der Waals surface area contributed by atoms with Crippen molar-refractivity contribution in [2.24, 2.45) is 5.92 Å². The van der Waals surface area contributed by atoms with Crippen molar-refractivity contribution in [1.82, 2.24) is 4.90 Å².